The smallest absolute Gasteiger partial charge is 0.0234 e. The fourth-order valence-corrected chi connectivity index (χ4v) is 2.20. The van der Waals surface area contributed by atoms with Crippen molar-refractivity contribution >= 4 is 37.2 Å². The third-order valence-electron chi connectivity index (χ3n) is 3.23. The van der Waals surface area contributed by atoms with Crippen LogP contribution in [0.15, 0.2) is 30.3 Å². The Kier molecular flexibility index (Phi) is 10.1. The molecule has 18 heavy (non-hydrogen) atoms. The maximum atomic E-state index is 5.73. The molecule has 0 bridgehead atoms. The zero-order valence-electron chi connectivity index (χ0n) is 10.2. The quantitative estimate of drug-likeness (QED) is 0.889. The molecule has 2 rings (SSSR count). The molecule has 1 aromatic rings. The number of halogens is 3. The van der Waals surface area contributed by atoms with Gasteiger partial charge >= 0.3 is 0 Å². The van der Waals surface area contributed by atoms with Crippen LogP contribution in [-0.4, -0.2) is 31.1 Å². The molecule has 4 N–H and O–H groups in total. The topological polar surface area (TPSA) is 55.3 Å². The highest BCUT2D eigenvalue weighted by Crippen LogP contribution is 2.29. The van der Waals surface area contributed by atoms with Crippen molar-refractivity contribution in [1.82, 2.24) is 4.90 Å². The van der Waals surface area contributed by atoms with Gasteiger partial charge in [0.25, 0.3) is 0 Å². The van der Waals surface area contributed by atoms with Gasteiger partial charge in [-0.2, -0.15) is 0 Å². The van der Waals surface area contributed by atoms with E-state index in [0.29, 0.717) is 13.1 Å². The first-order chi connectivity index (χ1) is 7.28. The number of likely N-dealkylation sites (tertiary alicyclic amines) is 1. The fraction of sp³-hybridized carbons (Fsp3) is 0.500. The Hall–Kier alpha value is -0.0300. The van der Waals surface area contributed by atoms with Gasteiger partial charge in [-0.05, 0) is 5.56 Å². The maximum absolute atomic E-state index is 5.73. The highest BCUT2D eigenvalue weighted by atomic mass is 35.5. The van der Waals surface area contributed by atoms with Gasteiger partial charge in [0, 0.05) is 38.1 Å². The van der Waals surface area contributed by atoms with Crippen LogP contribution in [0.4, 0.5) is 0 Å². The second-order valence-electron chi connectivity index (χ2n) is 4.54. The Labute approximate surface area is 128 Å². The number of hydrogen-bond donors (Lipinski definition) is 2. The molecule has 1 aliphatic heterocycles. The molecule has 0 spiro atoms. The number of hydrogen-bond acceptors (Lipinski definition) is 3. The summed E-state index contributed by atoms with van der Waals surface area (Å²) in [7, 11) is 0. The lowest BCUT2D eigenvalue weighted by molar-refractivity contribution is 0.00838. The average Bonchev–Trinajstić information content (AvgIpc) is 2.24. The van der Waals surface area contributed by atoms with Crippen LogP contribution in [-0.2, 0) is 6.54 Å². The zero-order valence-corrected chi connectivity index (χ0v) is 12.7. The Balaban J connectivity index is 0. The summed E-state index contributed by atoms with van der Waals surface area (Å²) in [4.78, 5) is 2.40. The van der Waals surface area contributed by atoms with Crippen molar-refractivity contribution in [3.8, 4) is 0 Å². The number of nitrogens with two attached hydrogens (primary N) is 2. The van der Waals surface area contributed by atoms with E-state index in [-0.39, 0.29) is 42.6 Å². The molecule has 1 aliphatic rings. The number of benzene rings is 1. The van der Waals surface area contributed by atoms with E-state index in [4.69, 9.17) is 11.5 Å². The van der Waals surface area contributed by atoms with Crippen LogP contribution in [0.1, 0.15) is 5.56 Å². The van der Waals surface area contributed by atoms with E-state index >= 15 is 0 Å². The summed E-state index contributed by atoms with van der Waals surface area (Å²) in [6.07, 6.45) is 0. The Morgan fingerprint density at radius 1 is 0.944 bits per heavy atom. The van der Waals surface area contributed by atoms with Crippen molar-refractivity contribution in [2.45, 2.75) is 6.54 Å². The molecule has 1 aromatic carbocycles. The molecular formula is C12H22Cl3N3. The number of rotatable bonds is 4. The minimum Gasteiger partial charge on any atom is -0.330 e. The molecule has 0 atom stereocenters. The van der Waals surface area contributed by atoms with E-state index in [1.807, 2.05) is 6.07 Å². The van der Waals surface area contributed by atoms with Gasteiger partial charge in [-0.3, -0.25) is 4.90 Å². The SMILES string of the molecule is Cl.Cl.Cl.NCC1(CN)CN(Cc2ccccc2)C1. The van der Waals surface area contributed by atoms with Gasteiger partial charge in [0.2, 0.25) is 0 Å². The molecule has 0 aromatic heterocycles. The van der Waals surface area contributed by atoms with E-state index in [0.717, 1.165) is 19.6 Å². The van der Waals surface area contributed by atoms with Gasteiger partial charge in [0.1, 0.15) is 0 Å². The maximum Gasteiger partial charge on any atom is 0.0234 e. The summed E-state index contributed by atoms with van der Waals surface area (Å²) < 4.78 is 0. The summed E-state index contributed by atoms with van der Waals surface area (Å²) in [5.41, 5.74) is 13.0. The van der Waals surface area contributed by atoms with E-state index in [2.05, 4.69) is 29.2 Å². The number of nitrogens with zero attached hydrogens (tertiary/aromatic N) is 1. The van der Waals surface area contributed by atoms with Gasteiger partial charge in [0.05, 0.1) is 0 Å². The second-order valence-corrected chi connectivity index (χ2v) is 4.54. The molecule has 3 nitrogen and oxygen atoms in total. The molecule has 0 radical (unpaired) electrons. The van der Waals surface area contributed by atoms with Crippen LogP contribution in [0, 0.1) is 5.41 Å². The Morgan fingerprint density at radius 2 is 1.44 bits per heavy atom. The second kappa shape index (κ2) is 8.97. The van der Waals surface area contributed by atoms with Gasteiger partial charge < -0.3 is 11.5 Å². The molecule has 106 valence electrons. The van der Waals surface area contributed by atoms with Crippen LogP contribution >= 0.6 is 37.2 Å². The largest absolute Gasteiger partial charge is 0.330 e. The fourth-order valence-electron chi connectivity index (χ4n) is 2.20. The molecule has 1 saturated heterocycles. The van der Waals surface area contributed by atoms with Crippen molar-refractivity contribution in [1.29, 1.82) is 0 Å². The van der Waals surface area contributed by atoms with Crippen LogP contribution in [0.25, 0.3) is 0 Å². The Bertz CT molecular complexity index is 310. The third kappa shape index (κ3) is 4.57. The zero-order chi connectivity index (χ0) is 10.7. The first-order valence-electron chi connectivity index (χ1n) is 5.44. The minimum atomic E-state index is 0. The summed E-state index contributed by atoms with van der Waals surface area (Å²) in [6.45, 7) is 4.50. The molecule has 0 saturated carbocycles. The molecule has 6 heteroatoms. The average molecular weight is 315 g/mol. The predicted molar refractivity (Wildman–Crippen MR) is 84.0 cm³/mol. The summed E-state index contributed by atoms with van der Waals surface area (Å²) in [5, 5.41) is 0. The first kappa shape index (κ1) is 20.3. The van der Waals surface area contributed by atoms with E-state index in [1.165, 1.54) is 5.56 Å². The van der Waals surface area contributed by atoms with Gasteiger partial charge in [-0.15, -0.1) is 37.2 Å². The van der Waals surface area contributed by atoms with Crippen molar-refractivity contribution < 1.29 is 0 Å². The van der Waals surface area contributed by atoms with Crippen molar-refractivity contribution in [3.63, 3.8) is 0 Å². The van der Waals surface area contributed by atoms with Crippen LogP contribution in [0.2, 0.25) is 0 Å². The van der Waals surface area contributed by atoms with E-state index in [1.54, 1.807) is 0 Å². The predicted octanol–water partition coefficient (Wildman–Crippen LogP) is 1.67. The minimum absolute atomic E-state index is 0. The molecule has 0 unspecified atom stereocenters. The lowest BCUT2D eigenvalue weighted by Crippen LogP contribution is -2.62. The molecule has 1 fully saturated rings. The summed E-state index contributed by atoms with van der Waals surface area (Å²) >= 11 is 0. The van der Waals surface area contributed by atoms with Crippen LogP contribution < -0.4 is 11.5 Å². The molecular weight excluding hydrogens is 293 g/mol. The van der Waals surface area contributed by atoms with Crippen molar-refractivity contribution in [2.24, 2.45) is 16.9 Å². The Morgan fingerprint density at radius 3 is 1.89 bits per heavy atom. The lowest BCUT2D eigenvalue weighted by atomic mass is 9.80. The standard InChI is InChI=1S/C12H19N3.3ClH/c13-7-12(8-14)9-15(10-12)6-11-4-2-1-3-5-11;;;/h1-5H,6-10,13-14H2;3*1H. The van der Waals surface area contributed by atoms with Gasteiger partial charge in [-0.1, -0.05) is 30.3 Å². The highest BCUT2D eigenvalue weighted by molar-refractivity contribution is 5.86. The summed E-state index contributed by atoms with van der Waals surface area (Å²) in [6, 6.07) is 10.5. The van der Waals surface area contributed by atoms with Crippen molar-refractivity contribution in [3.05, 3.63) is 35.9 Å². The summed E-state index contributed by atoms with van der Waals surface area (Å²) in [5.74, 6) is 0. The molecule has 0 amide bonds. The van der Waals surface area contributed by atoms with E-state index in [9.17, 15) is 0 Å². The van der Waals surface area contributed by atoms with Crippen LogP contribution in [0.3, 0.4) is 0 Å². The first-order valence-corrected chi connectivity index (χ1v) is 5.44. The molecule has 0 aliphatic carbocycles. The molecule has 1 heterocycles. The van der Waals surface area contributed by atoms with Crippen molar-refractivity contribution in [2.75, 3.05) is 26.2 Å². The van der Waals surface area contributed by atoms with E-state index < -0.39 is 0 Å². The third-order valence-corrected chi connectivity index (χ3v) is 3.23. The van der Waals surface area contributed by atoms with Crippen LogP contribution in [0.5, 0.6) is 0 Å². The van der Waals surface area contributed by atoms with Gasteiger partial charge in [-0.25, -0.2) is 0 Å². The highest BCUT2D eigenvalue weighted by Gasteiger charge is 2.40. The normalized spacial score (nSPS) is 16.6. The van der Waals surface area contributed by atoms with Gasteiger partial charge in [0.15, 0.2) is 0 Å². The monoisotopic (exact) mass is 313 g/mol. The lowest BCUT2D eigenvalue weighted by Gasteiger charge is -2.49.